The molecule has 1 heterocycles. The van der Waals surface area contributed by atoms with E-state index in [0.29, 0.717) is 24.3 Å². The summed E-state index contributed by atoms with van der Waals surface area (Å²) in [6.45, 7) is 6.49. The minimum atomic E-state index is -3.62. The van der Waals surface area contributed by atoms with Crippen molar-refractivity contribution >= 4 is 21.6 Å². The highest BCUT2D eigenvalue weighted by molar-refractivity contribution is 7.89. The molecule has 2 atom stereocenters. The molecule has 156 valence electrons. The predicted molar refractivity (Wildman–Crippen MR) is 114 cm³/mol. The van der Waals surface area contributed by atoms with Gasteiger partial charge in [-0.15, -0.1) is 0 Å². The largest absolute Gasteiger partial charge is 0.373 e. The molecule has 0 radical (unpaired) electrons. The summed E-state index contributed by atoms with van der Waals surface area (Å²) in [6, 6.07) is 13.8. The van der Waals surface area contributed by atoms with Crippen molar-refractivity contribution in [1.29, 1.82) is 0 Å². The molecule has 0 bridgehead atoms. The van der Waals surface area contributed by atoms with Gasteiger partial charge in [0.05, 0.1) is 17.1 Å². The van der Waals surface area contributed by atoms with Crippen LogP contribution in [0.3, 0.4) is 0 Å². The van der Waals surface area contributed by atoms with Crippen LogP contribution in [0.1, 0.15) is 43.1 Å². The lowest BCUT2D eigenvalue weighted by molar-refractivity contribution is -0.0440. The van der Waals surface area contributed by atoms with E-state index < -0.39 is 10.0 Å². The first-order valence-electron chi connectivity index (χ1n) is 9.95. The highest BCUT2D eigenvalue weighted by atomic mass is 32.2. The van der Waals surface area contributed by atoms with Crippen LogP contribution in [0, 0.1) is 0 Å². The van der Waals surface area contributed by atoms with Crippen LogP contribution in [-0.2, 0) is 21.2 Å². The molecule has 1 saturated heterocycles. The Balaban J connectivity index is 1.69. The lowest BCUT2D eigenvalue weighted by Gasteiger charge is -2.34. The second kappa shape index (κ2) is 9.07. The van der Waals surface area contributed by atoms with Crippen LogP contribution in [0.2, 0.25) is 0 Å². The van der Waals surface area contributed by atoms with Gasteiger partial charge in [0.2, 0.25) is 10.0 Å². The number of carbonyl (C=O) groups is 1. The lowest BCUT2D eigenvalue weighted by atomic mass is 10.1. The van der Waals surface area contributed by atoms with E-state index in [-0.39, 0.29) is 23.0 Å². The quantitative estimate of drug-likeness (QED) is 0.779. The summed E-state index contributed by atoms with van der Waals surface area (Å²) in [5.41, 5.74) is 2.35. The number of nitrogens with zero attached hydrogens (tertiary/aromatic N) is 1. The van der Waals surface area contributed by atoms with Gasteiger partial charge in [-0.25, -0.2) is 8.42 Å². The molecule has 29 heavy (non-hydrogen) atoms. The van der Waals surface area contributed by atoms with E-state index in [4.69, 9.17) is 4.74 Å². The standard InChI is InChI=1S/C22H28N2O4S/c1-4-5-18-6-10-20(11-7-18)23-22(25)19-8-12-21(13-9-19)29(26,27)24-14-16(2)28-17(3)15-24/h6-13,16-17H,4-5,14-15H2,1-3H3,(H,23,25)/t16-,17+. The molecule has 0 unspecified atom stereocenters. The van der Waals surface area contributed by atoms with Crippen molar-refractivity contribution in [1.82, 2.24) is 4.31 Å². The average Bonchev–Trinajstić information content (AvgIpc) is 2.69. The second-order valence-electron chi connectivity index (χ2n) is 7.50. The molecule has 1 aliphatic heterocycles. The Hall–Kier alpha value is -2.22. The number of benzene rings is 2. The summed E-state index contributed by atoms with van der Waals surface area (Å²) >= 11 is 0. The molecule has 2 aromatic carbocycles. The van der Waals surface area contributed by atoms with E-state index in [2.05, 4.69) is 12.2 Å². The zero-order valence-electron chi connectivity index (χ0n) is 17.1. The Kier molecular flexibility index (Phi) is 6.72. The Morgan fingerprint density at radius 1 is 1.03 bits per heavy atom. The first-order valence-corrected chi connectivity index (χ1v) is 11.4. The number of aryl methyl sites for hydroxylation is 1. The van der Waals surface area contributed by atoms with Gasteiger partial charge in [0.25, 0.3) is 5.91 Å². The van der Waals surface area contributed by atoms with E-state index in [1.807, 2.05) is 38.1 Å². The molecule has 1 aliphatic rings. The van der Waals surface area contributed by atoms with Gasteiger partial charge in [-0.1, -0.05) is 25.5 Å². The zero-order chi connectivity index (χ0) is 21.0. The number of carbonyl (C=O) groups excluding carboxylic acids is 1. The first-order chi connectivity index (χ1) is 13.8. The Bertz CT molecular complexity index is 930. The Morgan fingerprint density at radius 3 is 2.17 bits per heavy atom. The smallest absolute Gasteiger partial charge is 0.255 e. The molecule has 2 aromatic rings. The molecule has 7 heteroatoms. The molecular formula is C22H28N2O4S. The molecule has 0 aliphatic carbocycles. The maximum absolute atomic E-state index is 12.9. The van der Waals surface area contributed by atoms with Gasteiger partial charge in [-0.3, -0.25) is 4.79 Å². The third-order valence-electron chi connectivity index (χ3n) is 4.89. The highest BCUT2D eigenvalue weighted by Gasteiger charge is 2.32. The number of ether oxygens (including phenoxy) is 1. The summed E-state index contributed by atoms with van der Waals surface area (Å²) in [5, 5.41) is 2.85. The highest BCUT2D eigenvalue weighted by Crippen LogP contribution is 2.22. The van der Waals surface area contributed by atoms with Crippen molar-refractivity contribution in [2.24, 2.45) is 0 Å². The number of hydrogen-bond donors (Lipinski definition) is 1. The number of hydrogen-bond acceptors (Lipinski definition) is 4. The molecule has 1 amide bonds. The maximum Gasteiger partial charge on any atom is 0.255 e. The van der Waals surface area contributed by atoms with Crippen molar-refractivity contribution in [3.8, 4) is 0 Å². The topological polar surface area (TPSA) is 75.7 Å². The third kappa shape index (κ3) is 5.23. The number of sulfonamides is 1. The number of nitrogens with one attached hydrogen (secondary N) is 1. The Labute approximate surface area is 172 Å². The molecule has 1 N–H and O–H groups in total. The van der Waals surface area contributed by atoms with Gasteiger partial charge in [-0.2, -0.15) is 4.31 Å². The van der Waals surface area contributed by atoms with Gasteiger partial charge >= 0.3 is 0 Å². The van der Waals surface area contributed by atoms with Crippen LogP contribution in [-0.4, -0.2) is 43.9 Å². The fraction of sp³-hybridized carbons (Fsp3) is 0.409. The number of amides is 1. The van der Waals surface area contributed by atoms with Crippen molar-refractivity contribution < 1.29 is 17.9 Å². The fourth-order valence-corrected chi connectivity index (χ4v) is 5.09. The first kappa shape index (κ1) is 21.5. The Morgan fingerprint density at radius 2 is 1.62 bits per heavy atom. The monoisotopic (exact) mass is 416 g/mol. The average molecular weight is 417 g/mol. The SMILES string of the molecule is CCCc1ccc(NC(=O)c2ccc(S(=O)(=O)N3C[C@@H](C)O[C@@H](C)C3)cc2)cc1. The summed E-state index contributed by atoms with van der Waals surface area (Å²) in [6.07, 6.45) is 1.78. The molecular weight excluding hydrogens is 388 g/mol. The summed E-state index contributed by atoms with van der Waals surface area (Å²) in [5.74, 6) is -0.272. The molecule has 0 spiro atoms. The van der Waals surface area contributed by atoms with Gasteiger partial charge in [0.1, 0.15) is 0 Å². The fourth-order valence-electron chi connectivity index (χ4n) is 3.50. The van der Waals surface area contributed by atoms with Crippen LogP contribution in [0.4, 0.5) is 5.69 Å². The van der Waals surface area contributed by atoms with Crippen LogP contribution < -0.4 is 5.32 Å². The predicted octanol–water partition coefficient (Wildman–Crippen LogP) is 3.69. The van der Waals surface area contributed by atoms with Gasteiger partial charge in [0.15, 0.2) is 0 Å². The van der Waals surface area contributed by atoms with Crippen molar-refractivity contribution in [3.63, 3.8) is 0 Å². The van der Waals surface area contributed by atoms with Crippen LogP contribution in [0.25, 0.3) is 0 Å². The molecule has 1 fully saturated rings. The van der Waals surface area contributed by atoms with E-state index >= 15 is 0 Å². The van der Waals surface area contributed by atoms with Crippen molar-refractivity contribution in [3.05, 3.63) is 59.7 Å². The van der Waals surface area contributed by atoms with E-state index in [1.165, 1.54) is 22.0 Å². The zero-order valence-corrected chi connectivity index (χ0v) is 17.9. The van der Waals surface area contributed by atoms with Crippen LogP contribution >= 0.6 is 0 Å². The van der Waals surface area contributed by atoms with E-state index in [1.54, 1.807) is 12.1 Å². The number of anilines is 1. The molecule has 0 aromatic heterocycles. The normalized spacial score (nSPS) is 20.4. The van der Waals surface area contributed by atoms with Crippen molar-refractivity contribution in [2.75, 3.05) is 18.4 Å². The van der Waals surface area contributed by atoms with Crippen LogP contribution in [0.5, 0.6) is 0 Å². The minimum Gasteiger partial charge on any atom is -0.373 e. The molecule has 6 nitrogen and oxygen atoms in total. The minimum absolute atomic E-state index is 0.151. The summed E-state index contributed by atoms with van der Waals surface area (Å²) < 4.78 is 32.9. The van der Waals surface area contributed by atoms with Crippen molar-refractivity contribution in [2.45, 2.75) is 50.7 Å². The van der Waals surface area contributed by atoms with Gasteiger partial charge in [-0.05, 0) is 62.2 Å². The lowest BCUT2D eigenvalue weighted by Crippen LogP contribution is -2.48. The van der Waals surface area contributed by atoms with E-state index in [9.17, 15) is 13.2 Å². The van der Waals surface area contributed by atoms with Gasteiger partial charge < -0.3 is 10.1 Å². The number of morpholine rings is 1. The summed E-state index contributed by atoms with van der Waals surface area (Å²) in [4.78, 5) is 12.7. The number of rotatable bonds is 6. The second-order valence-corrected chi connectivity index (χ2v) is 9.44. The molecule has 0 saturated carbocycles. The maximum atomic E-state index is 12.9. The van der Waals surface area contributed by atoms with Crippen LogP contribution in [0.15, 0.2) is 53.4 Å². The van der Waals surface area contributed by atoms with Gasteiger partial charge in [0, 0.05) is 24.3 Å². The molecule has 3 rings (SSSR count). The van der Waals surface area contributed by atoms with E-state index in [0.717, 1.165) is 12.8 Å². The summed E-state index contributed by atoms with van der Waals surface area (Å²) in [7, 11) is -3.62. The third-order valence-corrected chi connectivity index (χ3v) is 6.74.